The van der Waals surface area contributed by atoms with Crippen molar-refractivity contribution in [2.45, 2.75) is 5.37 Å². The minimum absolute atomic E-state index is 0.0299. The second kappa shape index (κ2) is 3.45. The highest BCUT2D eigenvalue weighted by Gasteiger charge is 2.49. The van der Waals surface area contributed by atoms with Crippen LogP contribution in [0.5, 0.6) is 0 Å². The number of aromatic amines is 1. The van der Waals surface area contributed by atoms with Gasteiger partial charge in [-0.3, -0.25) is 9.69 Å². The molecule has 1 aromatic heterocycles. The van der Waals surface area contributed by atoms with Crippen LogP contribution >= 0.6 is 11.8 Å². The van der Waals surface area contributed by atoms with Crippen LogP contribution in [0.15, 0.2) is 22.9 Å². The van der Waals surface area contributed by atoms with Crippen LogP contribution in [0, 0.1) is 0 Å². The number of carboxylic acid groups (broad SMARTS) is 1. The zero-order chi connectivity index (χ0) is 12.0. The van der Waals surface area contributed by atoms with Crippen molar-refractivity contribution in [2.75, 3.05) is 0 Å². The lowest BCUT2D eigenvalue weighted by Crippen LogP contribution is -2.51. The Hall–Kier alpha value is -2.09. The normalized spacial score (nSPS) is 24.6. The Morgan fingerprint density at radius 3 is 3.12 bits per heavy atom. The van der Waals surface area contributed by atoms with E-state index >= 15 is 0 Å². The highest BCUT2D eigenvalue weighted by molar-refractivity contribution is 8.03. The molecule has 2 aliphatic heterocycles. The summed E-state index contributed by atoms with van der Waals surface area (Å²) in [5.74, 6) is -1.38. The van der Waals surface area contributed by atoms with Crippen LogP contribution in [-0.4, -0.2) is 42.7 Å². The predicted molar refractivity (Wildman–Crippen MR) is 58.3 cm³/mol. The highest BCUT2D eigenvalue weighted by atomic mass is 32.2. The number of thioether (sulfide) groups is 1. The Morgan fingerprint density at radius 1 is 1.65 bits per heavy atom. The highest BCUT2D eigenvalue weighted by Crippen LogP contribution is 2.44. The standard InChI is InChI=1S/C9H6N4O3S/c14-7-5(1-4-2-10-12-11-4)8-13(7)6(3-17-8)9(15)16/h1-3,8H,(H,15,16)(H,10,11,12). The van der Waals surface area contributed by atoms with E-state index in [4.69, 9.17) is 5.11 Å². The molecule has 1 unspecified atom stereocenters. The van der Waals surface area contributed by atoms with Crippen molar-refractivity contribution in [1.82, 2.24) is 20.3 Å². The van der Waals surface area contributed by atoms with Gasteiger partial charge >= 0.3 is 5.97 Å². The summed E-state index contributed by atoms with van der Waals surface area (Å²) >= 11 is 1.30. The van der Waals surface area contributed by atoms with Crippen molar-refractivity contribution in [3.8, 4) is 0 Å². The quantitative estimate of drug-likeness (QED) is 0.567. The van der Waals surface area contributed by atoms with E-state index in [1.54, 1.807) is 6.08 Å². The number of nitrogens with zero attached hydrogens (tertiary/aromatic N) is 3. The van der Waals surface area contributed by atoms with Gasteiger partial charge in [-0.15, -0.1) is 11.8 Å². The van der Waals surface area contributed by atoms with Gasteiger partial charge in [0.1, 0.15) is 16.8 Å². The number of fused-ring (bicyclic) bond motifs is 1. The minimum atomic E-state index is -1.09. The largest absolute Gasteiger partial charge is 0.477 e. The van der Waals surface area contributed by atoms with Gasteiger partial charge < -0.3 is 5.11 Å². The van der Waals surface area contributed by atoms with Crippen molar-refractivity contribution < 1.29 is 14.7 Å². The van der Waals surface area contributed by atoms with Gasteiger partial charge in [-0.25, -0.2) is 4.79 Å². The number of aromatic nitrogens is 3. The van der Waals surface area contributed by atoms with Crippen molar-refractivity contribution in [3.05, 3.63) is 28.6 Å². The number of carboxylic acids is 1. The maximum absolute atomic E-state index is 11.8. The topological polar surface area (TPSA) is 99.2 Å². The summed E-state index contributed by atoms with van der Waals surface area (Å²) in [5, 5.41) is 20.0. The molecule has 0 radical (unpaired) electrons. The Bertz CT molecular complexity index is 563. The molecule has 3 rings (SSSR count). The molecule has 0 aromatic carbocycles. The number of H-pyrrole nitrogens is 1. The van der Waals surface area contributed by atoms with E-state index in [0.717, 1.165) is 0 Å². The summed E-state index contributed by atoms with van der Waals surface area (Å²) < 4.78 is 0. The fourth-order valence-corrected chi connectivity index (χ4v) is 2.82. The van der Waals surface area contributed by atoms with E-state index in [2.05, 4.69) is 15.4 Å². The number of carbonyl (C=O) groups excluding carboxylic acids is 1. The Kier molecular flexibility index (Phi) is 2.05. The molecule has 1 fully saturated rings. The summed E-state index contributed by atoms with van der Waals surface area (Å²) in [6.07, 6.45) is 3.10. The average molecular weight is 250 g/mol. The number of β-lactam (4-membered cyclic amide) rings is 1. The summed E-state index contributed by atoms with van der Waals surface area (Å²) in [4.78, 5) is 23.9. The second-order valence-corrected chi connectivity index (χ2v) is 4.42. The molecule has 0 aliphatic carbocycles. The van der Waals surface area contributed by atoms with Crippen LogP contribution in [0.3, 0.4) is 0 Å². The molecule has 0 saturated carbocycles. The molecule has 1 atom stereocenters. The smallest absolute Gasteiger partial charge is 0.353 e. The zero-order valence-electron chi connectivity index (χ0n) is 8.32. The van der Waals surface area contributed by atoms with E-state index < -0.39 is 5.97 Å². The fourth-order valence-electron chi connectivity index (χ4n) is 1.71. The van der Waals surface area contributed by atoms with Crippen LogP contribution in [0.25, 0.3) is 6.08 Å². The molecule has 2 aliphatic rings. The SMILES string of the molecule is O=C(O)C1=CSC2C(=Cc3cn[nH]n3)C(=O)N12. The van der Waals surface area contributed by atoms with Crippen molar-refractivity contribution in [1.29, 1.82) is 0 Å². The summed E-state index contributed by atoms with van der Waals surface area (Å²) in [5.41, 5.74) is 1.12. The molecular weight excluding hydrogens is 244 g/mol. The minimum Gasteiger partial charge on any atom is -0.477 e. The maximum atomic E-state index is 11.8. The van der Waals surface area contributed by atoms with E-state index in [-0.39, 0.29) is 17.0 Å². The van der Waals surface area contributed by atoms with Crippen LogP contribution in [0.4, 0.5) is 0 Å². The average Bonchev–Trinajstić information content (AvgIpc) is 2.93. The first kappa shape index (κ1) is 10.1. The monoisotopic (exact) mass is 250 g/mol. The molecule has 3 heterocycles. The third kappa shape index (κ3) is 1.37. The van der Waals surface area contributed by atoms with Gasteiger partial charge in [-0.2, -0.15) is 15.4 Å². The zero-order valence-corrected chi connectivity index (χ0v) is 9.14. The number of nitrogens with one attached hydrogen (secondary N) is 1. The van der Waals surface area contributed by atoms with Crippen LogP contribution in [0.2, 0.25) is 0 Å². The van der Waals surface area contributed by atoms with Gasteiger partial charge in [0.15, 0.2) is 0 Å². The van der Waals surface area contributed by atoms with Crippen LogP contribution < -0.4 is 0 Å². The number of rotatable bonds is 2. The molecule has 1 saturated heterocycles. The van der Waals surface area contributed by atoms with E-state index in [1.165, 1.54) is 28.3 Å². The summed E-state index contributed by atoms with van der Waals surface area (Å²) in [6.45, 7) is 0. The molecule has 1 aromatic rings. The second-order valence-electron chi connectivity index (χ2n) is 3.47. The van der Waals surface area contributed by atoms with Crippen LogP contribution in [0.1, 0.15) is 5.69 Å². The first-order chi connectivity index (χ1) is 8.18. The predicted octanol–water partition coefficient (Wildman–Crippen LogP) is 0.0292. The van der Waals surface area contributed by atoms with Crippen molar-refractivity contribution in [2.24, 2.45) is 0 Å². The van der Waals surface area contributed by atoms with Gasteiger partial charge in [0.25, 0.3) is 5.91 Å². The first-order valence-electron chi connectivity index (χ1n) is 4.68. The lowest BCUT2D eigenvalue weighted by Gasteiger charge is -2.36. The van der Waals surface area contributed by atoms with Gasteiger partial charge in [-0.1, -0.05) is 0 Å². The lowest BCUT2D eigenvalue weighted by molar-refractivity contribution is -0.141. The molecule has 0 spiro atoms. The molecule has 7 nitrogen and oxygen atoms in total. The van der Waals surface area contributed by atoms with Gasteiger partial charge in [0.05, 0.1) is 11.8 Å². The number of carbonyl (C=O) groups is 2. The molecule has 8 heteroatoms. The van der Waals surface area contributed by atoms with E-state index in [0.29, 0.717) is 11.3 Å². The van der Waals surface area contributed by atoms with E-state index in [1.807, 2.05) is 0 Å². The number of amides is 1. The summed E-state index contributed by atoms with van der Waals surface area (Å²) in [7, 11) is 0. The first-order valence-corrected chi connectivity index (χ1v) is 5.62. The van der Waals surface area contributed by atoms with Crippen LogP contribution in [-0.2, 0) is 9.59 Å². The Morgan fingerprint density at radius 2 is 2.47 bits per heavy atom. The Balaban J connectivity index is 1.87. The molecule has 0 bridgehead atoms. The number of hydrogen-bond donors (Lipinski definition) is 2. The third-order valence-corrected chi connectivity index (χ3v) is 3.57. The summed E-state index contributed by atoms with van der Waals surface area (Å²) in [6, 6.07) is 0. The lowest BCUT2D eigenvalue weighted by atomic mass is 10.0. The molecule has 1 amide bonds. The van der Waals surface area contributed by atoms with Crippen molar-refractivity contribution >= 4 is 29.7 Å². The molecule has 2 N–H and O–H groups in total. The fraction of sp³-hybridized carbons (Fsp3) is 0.111. The van der Waals surface area contributed by atoms with Gasteiger partial charge in [0, 0.05) is 5.41 Å². The van der Waals surface area contributed by atoms with Crippen molar-refractivity contribution in [3.63, 3.8) is 0 Å². The molecule has 17 heavy (non-hydrogen) atoms. The molecule has 86 valence electrons. The third-order valence-electron chi connectivity index (χ3n) is 2.49. The van der Waals surface area contributed by atoms with E-state index in [9.17, 15) is 9.59 Å². The maximum Gasteiger partial charge on any atom is 0.353 e. The van der Waals surface area contributed by atoms with Gasteiger partial charge in [-0.05, 0) is 6.08 Å². The number of aliphatic carboxylic acids is 1. The Labute approximate surface area is 99.2 Å². The molecular formula is C9H6N4O3S. The van der Waals surface area contributed by atoms with Gasteiger partial charge in [0.2, 0.25) is 0 Å². The number of hydrogen-bond acceptors (Lipinski definition) is 5.